The van der Waals surface area contributed by atoms with Crippen molar-refractivity contribution in [1.82, 2.24) is 0 Å². The molecule has 1 aliphatic rings. The number of nitrogens with zero attached hydrogens (tertiary/aromatic N) is 4. The van der Waals surface area contributed by atoms with Gasteiger partial charge in [0.2, 0.25) is 0 Å². The molecule has 1 aliphatic heterocycles. The van der Waals surface area contributed by atoms with Crippen LogP contribution in [0.15, 0.2) is 60.7 Å². The standard InChI is InChI=1S/C25H43BO3.C25H35N3O5.C6H4IN3O4.CH4.B.H2/c1-7-8-9-10-11-12-13-14-15-16-17-27-23-19-21(2)18-22(20-23)26-28-24(3,4)25(5,6)29-26;1-3-4-5-6-7-8-9-10-11-12-13-33-22-15-19(2)14-20(16-22)21-17-23(27(29)30)25(26)24(18-21)28(31)32;7-3-1-4(9(11)12)6(8)5(2-3)10(13)14;;;/h18-20H,7-17H2,1-6H3;14-18H,3-13,26H2,1-2H3;1-2H,8H2;1H4;;1H/i;;;;;1+1. The van der Waals surface area contributed by atoms with Gasteiger partial charge in [-0.05, 0) is 129 Å². The van der Waals surface area contributed by atoms with E-state index in [2.05, 4.69) is 66.7 Å². The third-order valence-electron chi connectivity index (χ3n) is 13.5. The Hall–Kier alpha value is -5.54. The van der Waals surface area contributed by atoms with Crippen molar-refractivity contribution < 1.29 is 39.9 Å². The highest BCUT2D eigenvalue weighted by molar-refractivity contribution is 14.1. The van der Waals surface area contributed by atoms with Crippen molar-refractivity contribution in [2.24, 2.45) is 0 Å². The van der Waals surface area contributed by atoms with Gasteiger partial charge in [0.15, 0.2) is 11.4 Å². The maximum Gasteiger partial charge on any atom is 0.494 e. The largest absolute Gasteiger partial charge is 0.494 e. The smallest absolute Gasteiger partial charge is 0.494 e. The van der Waals surface area contributed by atoms with Gasteiger partial charge in [0.25, 0.3) is 22.7 Å². The van der Waals surface area contributed by atoms with Gasteiger partial charge in [-0.15, -0.1) is 0 Å². The Morgan fingerprint density at radius 3 is 1.17 bits per heavy atom. The summed E-state index contributed by atoms with van der Waals surface area (Å²) in [4.78, 5) is 40.6. The number of unbranched alkanes of at least 4 members (excludes halogenated alkanes) is 18. The van der Waals surface area contributed by atoms with Gasteiger partial charge in [-0.1, -0.05) is 149 Å². The normalized spacial score (nSPS) is 12.9. The summed E-state index contributed by atoms with van der Waals surface area (Å²) in [5.41, 5.74) is 11.6. The van der Waals surface area contributed by atoms with Crippen LogP contribution in [0, 0.1) is 57.9 Å². The van der Waals surface area contributed by atoms with E-state index >= 15 is 0 Å². The first-order valence-corrected chi connectivity index (χ1v) is 28.0. The second-order valence-electron chi connectivity index (χ2n) is 20.6. The van der Waals surface area contributed by atoms with E-state index in [1.165, 1.54) is 139 Å². The van der Waals surface area contributed by atoms with Crippen LogP contribution in [0.25, 0.3) is 11.1 Å². The number of rotatable bonds is 30. The predicted octanol–water partition coefficient (Wildman–Crippen LogP) is 16.1. The van der Waals surface area contributed by atoms with Crippen molar-refractivity contribution in [3.63, 3.8) is 0 Å². The monoisotopic (exact) mass is 1200 g/mol. The highest BCUT2D eigenvalue weighted by Gasteiger charge is 2.51. The third kappa shape index (κ3) is 23.8. The number of halogens is 1. The number of anilines is 2. The molecule has 18 nitrogen and oxygen atoms in total. The summed E-state index contributed by atoms with van der Waals surface area (Å²) in [6.45, 7) is 18.2. The second kappa shape index (κ2) is 35.9. The number of hydrogen-bond donors (Lipinski definition) is 2. The van der Waals surface area contributed by atoms with Crippen molar-refractivity contribution in [2.45, 2.75) is 202 Å². The first-order valence-electron chi connectivity index (χ1n) is 27.0. The zero-order valence-electron chi connectivity index (χ0n) is 46.7. The highest BCUT2D eigenvalue weighted by Crippen LogP contribution is 2.39. The lowest BCUT2D eigenvalue weighted by molar-refractivity contribution is -0.392. The molecule has 431 valence electrons. The van der Waals surface area contributed by atoms with Gasteiger partial charge in [-0.25, -0.2) is 0 Å². The number of nitro benzene ring substituents is 4. The number of benzene rings is 4. The molecule has 0 unspecified atom stereocenters. The molecule has 78 heavy (non-hydrogen) atoms. The van der Waals surface area contributed by atoms with Gasteiger partial charge in [0.1, 0.15) is 11.5 Å². The number of aryl methyl sites for hydroxylation is 2. The quantitative estimate of drug-likeness (QED) is 0.0123. The van der Waals surface area contributed by atoms with Crippen LogP contribution in [0.3, 0.4) is 0 Å². The minimum atomic E-state index is -0.746. The van der Waals surface area contributed by atoms with E-state index in [1.807, 2.05) is 19.1 Å². The van der Waals surface area contributed by atoms with Crippen LogP contribution in [-0.2, 0) is 9.31 Å². The van der Waals surface area contributed by atoms with Gasteiger partial charge in [0, 0.05) is 37.7 Å². The Balaban J connectivity index is 0.00000121. The lowest BCUT2D eigenvalue weighted by Crippen LogP contribution is -2.41. The van der Waals surface area contributed by atoms with E-state index in [4.69, 9.17) is 30.2 Å². The fourth-order valence-corrected chi connectivity index (χ4v) is 9.11. The van der Waals surface area contributed by atoms with Crippen molar-refractivity contribution in [1.29, 1.82) is 0 Å². The molecule has 4 aromatic rings. The van der Waals surface area contributed by atoms with Crippen LogP contribution in [-0.4, -0.2) is 59.6 Å². The molecular formula is C57H88B2IN6O12. The molecule has 1 heterocycles. The molecule has 5 rings (SSSR count). The first-order chi connectivity index (χ1) is 36.0. The molecule has 0 spiro atoms. The summed E-state index contributed by atoms with van der Waals surface area (Å²) in [5, 5.41) is 43.5. The summed E-state index contributed by atoms with van der Waals surface area (Å²) in [6.07, 6.45) is 25.9. The van der Waals surface area contributed by atoms with E-state index in [0.717, 1.165) is 42.6 Å². The summed E-state index contributed by atoms with van der Waals surface area (Å²) in [6, 6.07) is 16.7. The minimum absolute atomic E-state index is 0. The summed E-state index contributed by atoms with van der Waals surface area (Å²) in [5.74, 6) is 1.56. The Morgan fingerprint density at radius 1 is 0.500 bits per heavy atom. The van der Waals surface area contributed by atoms with Crippen molar-refractivity contribution in [3.8, 4) is 22.6 Å². The molecule has 0 saturated carbocycles. The van der Waals surface area contributed by atoms with Crippen molar-refractivity contribution in [3.05, 3.63) is 116 Å². The first kappa shape index (κ1) is 70.5. The predicted molar refractivity (Wildman–Crippen MR) is 327 cm³/mol. The maximum atomic E-state index is 11.3. The van der Waals surface area contributed by atoms with Gasteiger partial charge in [-0.2, -0.15) is 0 Å². The van der Waals surface area contributed by atoms with Crippen molar-refractivity contribution in [2.75, 3.05) is 24.7 Å². The molecule has 0 aliphatic carbocycles. The number of hydrogen-bond acceptors (Lipinski definition) is 14. The lowest BCUT2D eigenvalue weighted by atomic mass is 9.78. The molecule has 0 aromatic heterocycles. The Labute approximate surface area is 480 Å². The van der Waals surface area contributed by atoms with Gasteiger partial charge < -0.3 is 30.2 Å². The van der Waals surface area contributed by atoms with Crippen LogP contribution in [0.5, 0.6) is 11.5 Å². The highest BCUT2D eigenvalue weighted by atomic mass is 127. The molecule has 21 heteroatoms. The number of ether oxygens (including phenoxy) is 2. The second-order valence-corrected chi connectivity index (χ2v) is 21.8. The van der Waals surface area contributed by atoms with Crippen LogP contribution < -0.4 is 26.4 Å². The van der Waals surface area contributed by atoms with Crippen LogP contribution in [0.4, 0.5) is 34.1 Å². The van der Waals surface area contributed by atoms with Crippen LogP contribution in [0.1, 0.15) is 190 Å². The fraction of sp³-hybridized carbons (Fsp3) is 0.579. The minimum Gasteiger partial charge on any atom is -0.494 e. The van der Waals surface area contributed by atoms with E-state index in [-0.39, 0.29) is 35.6 Å². The molecule has 0 atom stereocenters. The van der Waals surface area contributed by atoms with E-state index in [9.17, 15) is 40.5 Å². The molecule has 1 fully saturated rings. The summed E-state index contributed by atoms with van der Waals surface area (Å²) < 4.78 is 24.7. The molecular weight excluding hydrogens is 1110 g/mol. The van der Waals surface area contributed by atoms with Gasteiger partial charge in [0.05, 0.1) is 44.1 Å². The van der Waals surface area contributed by atoms with Gasteiger partial charge >= 0.3 is 7.12 Å². The molecule has 4 N–H and O–H groups in total. The average Bonchev–Trinajstić information content (AvgIpc) is 3.60. The Morgan fingerprint density at radius 2 is 0.808 bits per heavy atom. The third-order valence-corrected chi connectivity index (χ3v) is 14.2. The zero-order chi connectivity index (χ0) is 56.4. The molecule has 1 saturated heterocycles. The van der Waals surface area contributed by atoms with Crippen LogP contribution in [0.2, 0.25) is 0 Å². The molecule has 3 radical (unpaired) electrons. The topological polar surface area (TPSA) is 262 Å². The van der Waals surface area contributed by atoms with Gasteiger partial charge in [-0.3, -0.25) is 40.5 Å². The zero-order valence-corrected chi connectivity index (χ0v) is 48.9. The van der Waals surface area contributed by atoms with Crippen LogP contribution >= 0.6 is 22.6 Å². The number of nitro groups is 4. The Kier molecular flexibility index (Phi) is 32.4. The van der Waals surface area contributed by atoms with E-state index in [0.29, 0.717) is 27.1 Å². The Bertz CT molecular complexity index is 2440. The van der Waals surface area contributed by atoms with Crippen molar-refractivity contribution >= 4 is 77.7 Å². The fourth-order valence-electron chi connectivity index (χ4n) is 8.52. The maximum absolute atomic E-state index is 11.3. The lowest BCUT2D eigenvalue weighted by Gasteiger charge is -2.32. The van der Waals surface area contributed by atoms with E-state index < -0.39 is 53.8 Å². The summed E-state index contributed by atoms with van der Waals surface area (Å²) >= 11 is 1.75. The number of nitrogen functional groups attached to an aromatic ring is 2. The molecule has 0 bridgehead atoms. The van der Waals surface area contributed by atoms with E-state index in [1.54, 1.807) is 28.7 Å². The molecule has 4 aromatic carbocycles. The summed E-state index contributed by atoms with van der Waals surface area (Å²) in [7, 11) is -0.334. The average molecular weight is 1200 g/mol. The molecule has 0 amide bonds. The number of nitrogens with two attached hydrogens (primary N) is 2. The SMILES string of the molecule is C.CCCCCCCCCCCCOc1cc(C)cc(-c2cc([N+](=O)[O-])c(N)c([N+](=O)[O-])c2)c1.CCCCCCCCCCCCOc1cc(C)cc(B2OC(C)(C)C(C)(C)O2)c1.Nc1c([N+](=O)[O-])cc(I)cc1[N+](=O)[O-].[2HH].[B].